The van der Waals surface area contributed by atoms with E-state index in [0.717, 1.165) is 53.1 Å². The van der Waals surface area contributed by atoms with Gasteiger partial charge in [0.05, 0.1) is 21.5 Å². The number of aryl methyl sites for hydroxylation is 7. The molecule has 0 saturated carbocycles. The maximum absolute atomic E-state index is 5.99. The molecular weight excluding hydrogens is 821 g/mol. The lowest BCUT2D eigenvalue weighted by Crippen LogP contribution is -1.98. The number of hydrogen-bond donors (Lipinski definition) is 2. The minimum absolute atomic E-state index is 0.495. The highest BCUT2D eigenvalue weighted by Crippen LogP contribution is 2.30. The van der Waals surface area contributed by atoms with Crippen LogP contribution in [-0.4, -0.2) is 58.6 Å². The lowest BCUT2D eigenvalue weighted by atomic mass is 10.4. The van der Waals surface area contributed by atoms with E-state index in [1.165, 1.54) is 0 Å². The Morgan fingerprint density at radius 2 is 1.08 bits per heavy atom. The van der Waals surface area contributed by atoms with E-state index in [-0.39, 0.29) is 0 Å². The van der Waals surface area contributed by atoms with E-state index in [1.807, 2.05) is 93.3 Å². The van der Waals surface area contributed by atoms with Gasteiger partial charge in [0.15, 0.2) is 0 Å². The van der Waals surface area contributed by atoms with Crippen molar-refractivity contribution in [3.8, 4) is 0 Å². The molecule has 3 N–H and O–H groups in total. The number of anilines is 1. The highest BCUT2D eigenvalue weighted by molar-refractivity contribution is 9.11. The van der Waals surface area contributed by atoms with E-state index in [0.29, 0.717) is 44.6 Å². The topological polar surface area (TPSA) is 160 Å². The first kappa shape index (κ1) is 36.4. The molecule has 0 saturated heterocycles. The number of hydrogen-bond acceptors (Lipinski definition) is 9. The number of nitrogens with two attached hydrogens (primary N) is 1. The van der Waals surface area contributed by atoms with E-state index in [2.05, 4.69) is 76.7 Å². The van der Waals surface area contributed by atoms with Crippen LogP contribution in [0.3, 0.4) is 0 Å². The summed E-state index contributed by atoms with van der Waals surface area (Å²) >= 11 is 24.6. The quantitative estimate of drug-likeness (QED) is 0.144. The molecule has 0 bridgehead atoms. The third kappa shape index (κ3) is 7.96. The van der Waals surface area contributed by atoms with E-state index in [4.69, 9.17) is 40.5 Å². The number of halogens is 5. The van der Waals surface area contributed by atoms with Crippen LogP contribution < -0.4 is 5.73 Å². The van der Waals surface area contributed by atoms with Gasteiger partial charge in [-0.2, -0.15) is 0 Å². The van der Waals surface area contributed by atoms with E-state index < -0.39 is 0 Å². The van der Waals surface area contributed by atoms with Crippen LogP contribution in [0, 0.1) is 27.7 Å². The first-order chi connectivity index (χ1) is 23.1. The summed E-state index contributed by atoms with van der Waals surface area (Å²) < 4.78 is 7.62. The van der Waals surface area contributed by atoms with Gasteiger partial charge in [-0.3, -0.25) is 0 Å². The second-order valence-electron chi connectivity index (χ2n) is 10.8. The molecule has 8 rings (SSSR count). The van der Waals surface area contributed by atoms with Crippen LogP contribution in [0.2, 0.25) is 15.5 Å². The number of aromatic amines is 1. The van der Waals surface area contributed by atoms with Crippen molar-refractivity contribution in [3.63, 3.8) is 0 Å². The number of nitrogen functional groups attached to an aromatic ring is 1. The molecule has 18 heteroatoms. The Hall–Kier alpha value is -3.89. The van der Waals surface area contributed by atoms with Gasteiger partial charge < -0.3 is 24.4 Å². The zero-order valence-electron chi connectivity index (χ0n) is 27.4. The summed E-state index contributed by atoms with van der Waals surface area (Å²) in [7, 11) is 5.79. The summed E-state index contributed by atoms with van der Waals surface area (Å²) in [4.78, 5) is 36.2. The average molecular weight is 851 g/mol. The summed E-state index contributed by atoms with van der Waals surface area (Å²) in [5.74, 6) is 3.29. The van der Waals surface area contributed by atoms with Gasteiger partial charge in [0.25, 0.3) is 0 Å². The Kier molecular flexibility index (Phi) is 11.1. The number of fused-ring (bicyclic) bond motifs is 4. The fraction of sp³-hybridized carbons (Fsp3) is 0.226. The molecule has 0 fully saturated rings. The predicted molar refractivity (Wildman–Crippen MR) is 203 cm³/mol. The van der Waals surface area contributed by atoms with Crippen molar-refractivity contribution in [2.75, 3.05) is 5.73 Å². The number of aromatic nitrogens is 12. The van der Waals surface area contributed by atoms with Crippen LogP contribution in [0.25, 0.3) is 44.1 Å². The van der Waals surface area contributed by atoms with Gasteiger partial charge in [-0.15, -0.1) is 0 Å². The average Bonchev–Trinajstić information content (AvgIpc) is 3.76. The third-order valence-electron chi connectivity index (χ3n) is 7.02. The zero-order valence-corrected chi connectivity index (χ0v) is 32.8. The summed E-state index contributed by atoms with van der Waals surface area (Å²) in [5.41, 5.74) is 9.16. The molecule has 0 atom stereocenters. The Bertz CT molecular complexity index is 2380. The van der Waals surface area contributed by atoms with Gasteiger partial charge in [0.1, 0.15) is 67.2 Å². The second kappa shape index (κ2) is 14.9. The third-order valence-corrected chi connectivity index (χ3v) is 9.07. The number of nitrogens with zero attached hydrogens (tertiary/aromatic N) is 11. The molecule has 0 spiro atoms. The zero-order chi connectivity index (χ0) is 35.7. The van der Waals surface area contributed by atoms with E-state index in [1.54, 1.807) is 6.20 Å². The number of nitrogens with one attached hydrogen (secondary N) is 1. The smallest absolute Gasteiger partial charge is 0.146 e. The van der Waals surface area contributed by atoms with Gasteiger partial charge in [0.2, 0.25) is 0 Å². The molecule has 49 heavy (non-hydrogen) atoms. The summed E-state index contributed by atoms with van der Waals surface area (Å²) in [6, 6.07) is 3.77. The van der Waals surface area contributed by atoms with Crippen LogP contribution >= 0.6 is 66.7 Å². The van der Waals surface area contributed by atoms with Crippen LogP contribution in [-0.2, 0) is 21.1 Å². The van der Waals surface area contributed by atoms with Crippen molar-refractivity contribution in [1.82, 2.24) is 58.6 Å². The largest absolute Gasteiger partial charge is 0.383 e. The van der Waals surface area contributed by atoms with Gasteiger partial charge >= 0.3 is 0 Å². The van der Waals surface area contributed by atoms with Crippen molar-refractivity contribution in [2.24, 2.45) is 21.1 Å². The molecule has 0 aromatic carbocycles. The molecule has 254 valence electrons. The van der Waals surface area contributed by atoms with Crippen molar-refractivity contribution < 1.29 is 0 Å². The maximum atomic E-state index is 5.99. The molecule has 0 unspecified atom stereocenters. The molecule has 0 amide bonds. The monoisotopic (exact) mass is 847 g/mol. The molecule has 0 aliphatic heterocycles. The summed E-state index contributed by atoms with van der Waals surface area (Å²) in [6.07, 6.45) is 7.56. The van der Waals surface area contributed by atoms with Crippen molar-refractivity contribution in [1.29, 1.82) is 0 Å². The van der Waals surface area contributed by atoms with Crippen LogP contribution in [0.4, 0.5) is 5.82 Å². The normalized spacial score (nSPS) is 10.9. The number of rotatable bonds is 0. The Balaban J connectivity index is 0.000000128. The summed E-state index contributed by atoms with van der Waals surface area (Å²) in [6.45, 7) is 7.30. The fourth-order valence-corrected chi connectivity index (χ4v) is 7.18. The molecule has 0 radical (unpaired) electrons. The molecular formula is C31H30Br2Cl3N13. The molecule has 0 aliphatic carbocycles. The van der Waals surface area contributed by atoms with Crippen molar-refractivity contribution >= 4 is 117 Å². The summed E-state index contributed by atoms with van der Waals surface area (Å²) in [5, 5.41) is 5.06. The Morgan fingerprint density at radius 3 is 1.71 bits per heavy atom. The van der Waals surface area contributed by atoms with Gasteiger partial charge in [-0.25, -0.2) is 39.9 Å². The molecule has 0 aliphatic rings. The first-order valence-electron chi connectivity index (χ1n) is 14.5. The van der Waals surface area contributed by atoms with Crippen LogP contribution in [0.5, 0.6) is 0 Å². The minimum Gasteiger partial charge on any atom is -0.383 e. The van der Waals surface area contributed by atoms with E-state index in [9.17, 15) is 0 Å². The fourth-order valence-electron chi connectivity index (χ4n) is 4.85. The van der Waals surface area contributed by atoms with Gasteiger partial charge in [-0.05, 0) is 71.7 Å². The van der Waals surface area contributed by atoms with Crippen molar-refractivity contribution in [3.05, 3.63) is 84.6 Å². The number of H-pyrrole nitrogens is 1. The predicted octanol–water partition coefficient (Wildman–Crippen LogP) is 8.16. The van der Waals surface area contributed by atoms with Gasteiger partial charge in [-0.1, -0.05) is 34.8 Å². The van der Waals surface area contributed by atoms with Gasteiger partial charge in [0, 0.05) is 54.9 Å². The maximum Gasteiger partial charge on any atom is 0.146 e. The lowest BCUT2D eigenvalue weighted by molar-refractivity contribution is 0.930. The lowest BCUT2D eigenvalue weighted by Gasteiger charge is -1.99. The van der Waals surface area contributed by atoms with Crippen molar-refractivity contribution in [2.45, 2.75) is 27.7 Å². The molecule has 8 aromatic heterocycles. The molecule has 13 nitrogen and oxygen atoms in total. The molecule has 8 heterocycles. The highest BCUT2D eigenvalue weighted by atomic mass is 79.9. The first-order valence-corrected chi connectivity index (χ1v) is 17.2. The van der Waals surface area contributed by atoms with E-state index >= 15 is 0 Å². The van der Waals surface area contributed by atoms with Crippen LogP contribution in [0.1, 0.15) is 23.3 Å². The standard InChI is InChI=1S/C8H7BrClN3.C8H9BrN4.C8H8ClN3.C7H6ClN3/c2*1-4-11-7(10)6-5(9)3-13(2)8(6)12-4;1-5-10-7(9)6-3-4-12(2)8(6)11-5;1-4-10-6(8)5-2-3-9-7(5)11-4/h3H,1-2H3;3H,1-2H3,(H2,10,11,12);3-4H,1-2H3;2-3H,1H3,(H,9,10,11). The Morgan fingerprint density at radius 1 is 0.592 bits per heavy atom. The minimum atomic E-state index is 0.495. The Labute approximate surface area is 312 Å². The SMILES string of the molecule is Cc1nc(Cl)c2c(Br)cn(C)c2n1.Cc1nc(Cl)c2cc[nH]c2n1.Cc1nc(Cl)c2ccn(C)c2n1.Cc1nc(N)c2c(Br)cn(C)c2n1. The highest BCUT2D eigenvalue weighted by Gasteiger charge is 2.12. The van der Waals surface area contributed by atoms with Crippen LogP contribution in [0.15, 0.2) is 45.9 Å². The molecule has 8 aromatic rings. The second-order valence-corrected chi connectivity index (χ2v) is 13.6.